The summed E-state index contributed by atoms with van der Waals surface area (Å²) in [6, 6.07) is 13.3. The van der Waals surface area contributed by atoms with Crippen molar-refractivity contribution in [3.8, 4) is 0 Å². The van der Waals surface area contributed by atoms with E-state index in [1.54, 1.807) is 0 Å². The second-order valence-electron chi connectivity index (χ2n) is 6.28. The van der Waals surface area contributed by atoms with Gasteiger partial charge in [-0.25, -0.2) is 4.58 Å². The Kier molecular flexibility index (Phi) is 3.26. The summed E-state index contributed by atoms with van der Waals surface area (Å²) >= 11 is 0. The lowest BCUT2D eigenvalue weighted by atomic mass is 9.89. The number of rotatable bonds is 3. The van der Waals surface area contributed by atoms with Gasteiger partial charge in [-0.1, -0.05) is 60.6 Å². The van der Waals surface area contributed by atoms with Crippen LogP contribution in [-0.2, 0) is 6.42 Å². The zero-order valence-corrected chi connectivity index (χ0v) is 13.5. The summed E-state index contributed by atoms with van der Waals surface area (Å²) in [7, 11) is 0. The van der Waals surface area contributed by atoms with Crippen molar-refractivity contribution in [2.45, 2.75) is 19.4 Å². The molecule has 2 heteroatoms. The van der Waals surface area contributed by atoms with E-state index in [2.05, 4.69) is 61.1 Å². The quantitative estimate of drug-likeness (QED) is 0.593. The highest BCUT2D eigenvalue weighted by atomic mass is 15.1. The summed E-state index contributed by atoms with van der Waals surface area (Å²) in [6.07, 6.45) is 4.89. The van der Waals surface area contributed by atoms with Crippen LogP contribution in [0.3, 0.4) is 0 Å². The topological polar surface area (TPSA) is 15.4 Å². The van der Waals surface area contributed by atoms with Crippen LogP contribution in [0.1, 0.15) is 24.1 Å². The van der Waals surface area contributed by atoms with Crippen molar-refractivity contribution in [1.29, 1.82) is 0 Å². The molecule has 4 rings (SSSR count). The third-order valence-electron chi connectivity index (χ3n) is 5.12. The maximum absolute atomic E-state index is 4.91. The fraction of sp³-hybridized carbons (Fsp3) is 0.238. The highest BCUT2D eigenvalue weighted by molar-refractivity contribution is 6.04. The monoisotopic (exact) mass is 301 g/mol. The smallest absolute Gasteiger partial charge is 0.234 e. The van der Waals surface area contributed by atoms with E-state index in [1.165, 1.54) is 27.6 Å². The highest BCUT2D eigenvalue weighted by Gasteiger charge is 2.44. The first kappa shape index (κ1) is 14.1. The Morgan fingerprint density at radius 3 is 2.91 bits per heavy atom. The van der Waals surface area contributed by atoms with Crippen molar-refractivity contribution in [1.82, 2.24) is 0 Å². The van der Waals surface area contributed by atoms with Crippen molar-refractivity contribution < 1.29 is 4.58 Å². The van der Waals surface area contributed by atoms with Crippen molar-refractivity contribution in [2.75, 3.05) is 6.54 Å². The van der Waals surface area contributed by atoms with Crippen molar-refractivity contribution in [2.24, 2.45) is 10.9 Å². The fourth-order valence-corrected chi connectivity index (χ4v) is 4.05. The molecule has 1 aliphatic carbocycles. The summed E-state index contributed by atoms with van der Waals surface area (Å²) in [4.78, 5) is 4.91. The van der Waals surface area contributed by atoms with Gasteiger partial charge in [-0.2, -0.15) is 0 Å². The molecule has 2 atom stereocenters. The maximum atomic E-state index is 4.91. The molecule has 0 bridgehead atoms. The molecular weight excluding hydrogens is 280 g/mol. The average molecular weight is 301 g/mol. The van der Waals surface area contributed by atoms with Crippen LogP contribution in [-0.4, -0.2) is 23.2 Å². The van der Waals surface area contributed by atoms with Gasteiger partial charge in [0.15, 0.2) is 6.04 Å². The minimum absolute atomic E-state index is 0.200. The number of aliphatic imine (C=N–C) groups is 1. The van der Waals surface area contributed by atoms with Crippen LogP contribution in [0.15, 0.2) is 66.2 Å². The molecule has 1 aliphatic heterocycles. The third-order valence-corrected chi connectivity index (χ3v) is 5.12. The minimum Gasteiger partial charge on any atom is -0.234 e. The number of fused-ring (bicyclic) bond motifs is 5. The Balaban J connectivity index is 1.91. The molecular formula is C21H21N2+. The standard InChI is InChI=1S/C21H21N2/c1-4-14(3)21-18-12-16-11-10-15-8-6-7-9-17(15)19(16)20(18)22-13-23(21)5-2/h4,6-11,13,18,20H,1,3,5,12H2,2H3/q+1. The Morgan fingerprint density at radius 1 is 1.30 bits per heavy atom. The van der Waals surface area contributed by atoms with Crippen LogP contribution in [0.2, 0.25) is 0 Å². The van der Waals surface area contributed by atoms with E-state index in [1.807, 2.05) is 12.4 Å². The molecule has 2 aromatic carbocycles. The second kappa shape index (κ2) is 5.31. The first-order valence-corrected chi connectivity index (χ1v) is 8.23. The zero-order valence-electron chi connectivity index (χ0n) is 13.5. The van der Waals surface area contributed by atoms with Crippen molar-refractivity contribution in [3.63, 3.8) is 0 Å². The van der Waals surface area contributed by atoms with Crippen LogP contribution >= 0.6 is 0 Å². The second-order valence-corrected chi connectivity index (χ2v) is 6.28. The zero-order chi connectivity index (χ0) is 16.0. The van der Waals surface area contributed by atoms with E-state index in [4.69, 9.17) is 4.99 Å². The number of benzene rings is 2. The van der Waals surface area contributed by atoms with E-state index in [0.29, 0.717) is 5.92 Å². The number of hydrogen-bond donors (Lipinski definition) is 0. The van der Waals surface area contributed by atoms with Crippen LogP contribution in [0.25, 0.3) is 10.8 Å². The molecule has 0 aromatic heterocycles. The van der Waals surface area contributed by atoms with Gasteiger partial charge in [0.1, 0.15) is 5.71 Å². The molecule has 0 saturated heterocycles. The van der Waals surface area contributed by atoms with Gasteiger partial charge >= 0.3 is 0 Å². The largest absolute Gasteiger partial charge is 0.281 e. The lowest BCUT2D eigenvalue weighted by Crippen LogP contribution is -2.34. The van der Waals surface area contributed by atoms with E-state index in [9.17, 15) is 0 Å². The van der Waals surface area contributed by atoms with Gasteiger partial charge in [-0.3, -0.25) is 0 Å². The summed E-state index contributed by atoms with van der Waals surface area (Å²) < 4.78 is 2.22. The number of hydrogen-bond acceptors (Lipinski definition) is 1. The molecule has 0 saturated carbocycles. The molecule has 1 heterocycles. The fourth-order valence-electron chi connectivity index (χ4n) is 4.05. The normalized spacial score (nSPS) is 22.1. The first-order valence-electron chi connectivity index (χ1n) is 8.23. The number of nitrogens with zero attached hydrogens (tertiary/aromatic N) is 2. The predicted molar refractivity (Wildman–Crippen MR) is 97.5 cm³/mol. The third kappa shape index (κ3) is 2.02. The summed E-state index contributed by atoms with van der Waals surface area (Å²) in [5.74, 6) is 0.367. The summed E-state index contributed by atoms with van der Waals surface area (Å²) in [6.45, 7) is 11.2. The average Bonchev–Trinajstić information content (AvgIpc) is 2.99. The van der Waals surface area contributed by atoms with E-state index in [0.717, 1.165) is 18.5 Å². The van der Waals surface area contributed by atoms with Gasteiger partial charge < -0.3 is 0 Å². The Labute approximate surface area is 137 Å². The molecule has 2 unspecified atom stereocenters. The van der Waals surface area contributed by atoms with Crippen molar-refractivity contribution >= 4 is 22.8 Å². The van der Waals surface area contributed by atoms with E-state index < -0.39 is 0 Å². The Bertz CT molecular complexity index is 886. The molecule has 0 fully saturated rings. The molecule has 0 spiro atoms. The van der Waals surface area contributed by atoms with Crippen LogP contribution in [0, 0.1) is 5.92 Å². The summed E-state index contributed by atoms with van der Waals surface area (Å²) in [5.41, 5.74) is 5.12. The van der Waals surface area contributed by atoms with Gasteiger partial charge in [0.25, 0.3) is 6.34 Å². The van der Waals surface area contributed by atoms with Gasteiger partial charge in [0, 0.05) is 11.1 Å². The molecule has 2 aliphatic rings. The van der Waals surface area contributed by atoms with Crippen LogP contribution in [0.5, 0.6) is 0 Å². The Hall–Kier alpha value is -2.48. The van der Waals surface area contributed by atoms with E-state index in [-0.39, 0.29) is 6.04 Å². The lowest BCUT2D eigenvalue weighted by Gasteiger charge is -2.21. The molecule has 23 heavy (non-hydrogen) atoms. The van der Waals surface area contributed by atoms with Crippen LogP contribution in [0.4, 0.5) is 0 Å². The van der Waals surface area contributed by atoms with Gasteiger partial charge in [0.05, 0.1) is 12.5 Å². The highest BCUT2D eigenvalue weighted by Crippen LogP contribution is 2.45. The lowest BCUT2D eigenvalue weighted by molar-refractivity contribution is -0.399. The van der Waals surface area contributed by atoms with Crippen molar-refractivity contribution in [3.05, 3.63) is 72.3 Å². The predicted octanol–water partition coefficient (Wildman–Crippen LogP) is 4.31. The minimum atomic E-state index is 0.200. The molecule has 0 N–H and O–H groups in total. The number of allylic oxidation sites excluding steroid dienone is 2. The van der Waals surface area contributed by atoms with Gasteiger partial charge in [-0.15, -0.1) is 0 Å². The maximum Gasteiger partial charge on any atom is 0.281 e. The molecule has 0 amide bonds. The SMILES string of the molecule is C=CC(=C)C1=[N+](CC)C=NC2c3c(ccc4ccccc34)CC12. The molecule has 2 nitrogen and oxygen atoms in total. The molecule has 0 radical (unpaired) electrons. The summed E-state index contributed by atoms with van der Waals surface area (Å²) in [5, 5.41) is 2.63. The van der Waals surface area contributed by atoms with Crippen LogP contribution < -0.4 is 0 Å². The van der Waals surface area contributed by atoms with Gasteiger partial charge in [0.2, 0.25) is 0 Å². The Morgan fingerprint density at radius 2 is 2.13 bits per heavy atom. The van der Waals surface area contributed by atoms with E-state index >= 15 is 0 Å². The molecule has 114 valence electrons. The first-order chi connectivity index (χ1) is 11.2. The van der Waals surface area contributed by atoms with Gasteiger partial charge in [-0.05, 0) is 29.7 Å². The molecule has 2 aromatic rings.